The van der Waals surface area contributed by atoms with Gasteiger partial charge in [-0.25, -0.2) is 0 Å². The van der Waals surface area contributed by atoms with Crippen molar-refractivity contribution in [2.24, 2.45) is 0 Å². The van der Waals surface area contributed by atoms with Gasteiger partial charge in [0.1, 0.15) is 54.9 Å². The van der Waals surface area contributed by atoms with Crippen LogP contribution in [0.3, 0.4) is 0 Å². The van der Waals surface area contributed by atoms with Gasteiger partial charge in [-0.15, -0.1) is 0 Å². The van der Waals surface area contributed by atoms with Crippen LogP contribution in [0, 0.1) is 0 Å². The maximum absolute atomic E-state index is 12.3. The van der Waals surface area contributed by atoms with Crippen LogP contribution in [0.5, 0.6) is 0 Å². The van der Waals surface area contributed by atoms with Crippen LogP contribution < -0.4 is 5.32 Å². The Balaban J connectivity index is 2.05. The molecule has 0 aromatic rings. The van der Waals surface area contributed by atoms with E-state index in [-0.39, 0.29) is 0 Å². The zero-order valence-corrected chi connectivity index (χ0v) is 20.7. The first-order valence-corrected chi connectivity index (χ1v) is 12.0. The molecule has 38 heavy (non-hydrogen) atoms. The van der Waals surface area contributed by atoms with Crippen molar-refractivity contribution in [1.82, 2.24) is 5.32 Å². The summed E-state index contributed by atoms with van der Waals surface area (Å²) in [6.07, 6.45) is -21.0. The molecule has 0 bridgehead atoms. The number of aliphatic hydroxyl groups excluding tert-OH is 10. The number of aliphatic hydroxyl groups is 10. The van der Waals surface area contributed by atoms with Crippen molar-refractivity contribution in [1.29, 1.82) is 0 Å². The highest BCUT2D eigenvalue weighted by atomic mass is 16.8. The van der Waals surface area contributed by atoms with Crippen molar-refractivity contribution < 1.29 is 79.5 Å². The maximum atomic E-state index is 12.3. The Morgan fingerprint density at radius 2 is 1.39 bits per heavy atom. The SMILES string of the molecule is CC(=O)N[C@@]1(O[C@H]2C[C@@H](O)[C@H](O)[C@@H](CO)O2)[C@@H](O)[C@H](O)[C@@H](CO)O[C@]1(C)O[C@H]1O[C@H](CO)[C@@H](O)[C@H](O)[C@H]1O. The topological polar surface area (TPSA) is 278 Å². The van der Waals surface area contributed by atoms with Gasteiger partial charge in [0.25, 0.3) is 0 Å². The van der Waals surface area contributed by atoms with E-state index >= 15 is 0 Å². The molecule has 3 rings (SSSR count). The molecule has 3 saturated heterocycles. The molecule has 0 spiro atoms. The highest BCUT2D eigenvalue weighted by Gasteiger charge is 2.68. The number of rotatable bonds is 8. The Morgan fingerprint density at radius 1 is 0.816 bits per heavy atom. The fraction of sp³-hybridized carbons (Fsp3) is 0.952. The number of hydrogen-bond acceptors (Lipinski definition) is 16. The lowest BCUT2D eigenvalue weighted by Crippen LogP contribution is -2.81. The second-order valence-corrected chi connectivity index (χ2v) is 9.65. The minimum Gasteiger partial charge on any atom is -0.394 e. The van der Waals surface area contributed by atoms with Crippen molar-refractivity contribution in [2.45, 2.75) is 105 Å². The number of nitrogens with one attached hydrogen (secondary N) is 1. The molecule has 0 saturated carbocycles. The molecule has 3 fully saturated rings. The van der Waals surface area contributed by atoms with Gasteiger partial charge in [0.05, 0.1) is 25.9 Å². The molecule has 3 aliphatic rings. The first-order valence-electron chi connectivity index (χ1n) is 12.0. The molecule has 0 radical (unpaired) electrons. The van der Waals surface area contributed by atoms with Gasteiger partial charge in [-0.1, -0.05) is 0 Å². The first-order chi connectivity index (χ1) is 17.7. The predicted molar refractivity (Wildman–Crippen MR) is 117 cm³/mol. The number of amides is 1. The average Bonchev–Trinajstić information content (AvgIpc) is 2.87. The van der Waals surface area contributed by atoms with Crippen LogP contribution in [-0.2, 0) is 28.5 Å². The molecule has 1 amide bonds. The summed E-state index contributed by atoms with van der Waals surface area (Å²) < 4.78 is 28.2. The smallest absolute Gasteiger partial charge is 0.226 e. The molecule has 222 valence electrons. The van der Waals surface area contributed by atoms with E-state index in [1.807, 2.05) is 0 Å². The normalized spacial score (nSPS) is 50.0. The van der Waals surface area contributed by atoms with Crippen molar-refractivity contribution in [2.75, 3.05) is 19.8 Å². The fourth-order valence-electron chi connectivity index (χ4n) is 4.81. The Hall–Kier alpha value is -1.13. The van der Waals surface area contributed by atoms with E-state index in [1.54, 1.807) is 0 Å². The second-order valence-electron chi connectivity index (χ2n) is 9.65. The minimum absolute atomic E-state index is 0.457. The fourth-order valence-corrected chi connectivity index (χ4v) is 4.81. The summed E-state index contributed by atoms with van der Waals surface area (Å²) in [7, 11) is 0. The van der Waals surface area contributed by atoms with Crippen LogP contribution in [0.1, 0.15) is 20.3 Å². The van der Waals surface area contributed by atoms with Gasteiger partial charge < -0.3 is 80.1 Å². The molecule has 0 aromatic heterocycles. The molecule has 3 aliphatic heterocycles. The second kappa shape index (κ2) is 12.2. The summed E-state index contributed by atoms with van der Waals surface area (Å²) in [5.74, 6) is -3.38. The predicted octanol–water partition coefficient (Wildman–Crippen LogP) is -6.69. The summed E-state index contributed by atoms with van der Waals surface area (Å²) in [6, 6.07) is 0. The van der Waals surface area contributed by atoms with Crippen molar-refractivity contribution in [3.8, 4) is 0 Å². The molecule has 17 heteroatoms. The van der Waals surface area contributed by atoms with Crippen LogP contribution in [0.4, 0.5) is 0 Å². The molecule has 0 aliphatic carbocycles. The first kappa shape index (κ1) is 31.4. The molecule has 14 atom stereocenters. The quantitative estimate of drug-likeness (QED) is 0.123. The van der Waals surface area contributed by atoms with Crippen molar-refractivity contribution >= 4 is 5.91 Å². The molecule has 3 heterocycles. The Kier molecular flexibility index (Phi) is 10.1. The van der Waals surface area contributed by atoms with Gasteiger partial charge in [-0.3, -0.25) is 4.79 Å². The van der Waals surface area contributed by atoms with Crippen LogP contribution in [-0.4, -0.2) is 162 Å². The van der Waals surface area contributed by atoms with Gasteiger partial charge >= 0.3 is 0 Å². The third-order valence-electron chi connectivity index (χ3n) is 6.94. The van der Waals surface area contributed by atoms with Crippen LogP contribution >= 0.6 is 0 Å². The average molecular weight is 560 g/mol. The summed E-state index contributed by atoms with van der Waals surface area (Å²) in [4.78, 5) is 12.3. The number of hydrogen-bond donors (Lipinski definition) is 11. The van der Waals surface area contributed by atoms with E-state index in [0.29, 0.717) is 0 Å². The van der Waals surface area contributed by atoms with E-state index < -0.39 is 117 Å². The summed E-state index contributed by atoms with van der Waals surface area (Å²) in [5, 5.41) is 104. The van der Waals surface area contributed by atoms with Crippen LogP contribution in [0.2, 0.25) is 0 Å². The van der Waals surface area contributed by atoms with Crippen molar-refractivity contribution in [3.63, 3.8) is 0 Å². The molecule has 17 nitrogen and oxygen atoms in total. The van der Waals surface area contributed by atoms with Gasteiger partial charge in [0, 0.05) is 13.3 Å². The Bertz CT molecular complexity index is 805. The zero-order chi connectivity index (χ0) is 28.6. The highest BCUT2D eigenvalue weighted by molar-refractivity contribution is 5.74. The lowest BCUT2D eigenvalue weighted by atomic mass is 9.86. The minimum atomic E-state index is -2.66. The van der Waals surface area contributed by atoms with E-state index in [9.17, 15) is 55.9 Å². The molecular weight excluding hydrogens is 522 g/mol. The monoisotopic (exact) mass is 559 g/mol. The van der Waals surface area contributed by atoms with Crippen LogP contribution in [0.25, 0.3) is 0 Å². The summed E-state index contributed by atoms with van der Waals surface area (Å²) >= 11 is 0. The number of carbonyl (C=O) groups excluding carboxylic acids is 1. The van der Waals surface area contributed by atoms with Crippen LogP contribution in [0.15, 0.2) is 0 Å². The molecule has 0 unspecified atom stereocenters. The standard InChI is InChI=1S/C21H37NO16/c1-7(26)22-21(37-12-3-8(27)13(28)9(4-23)34-12)18(33)15(30)11(6-25)36-20(21,2)38-19-17(32)16(31)14(29)10(5-24)35-19/h8-19,23-25,27-33H,3-6H2,1-2H3,(H,22,26)/t8-,9-,10-,11-,12+,13+,14-,15-,16+,17-,18+,19-,20-,21-/m1/s1. The van der Waals surface area contributed by atoms with E-state index in [1.165, 1.54) is 0 Å². The van der Waals surface area contributed by atoms with E-state index in [0.717, 1.165) is 13.8 Å². The lowest BCUT2D eigenvalue weighted by Gasteiger charge is -2.58. The Morgan fingerprint density at radius 3 is 1.95 bits per heavy atom. The maximum Gasteiger partial charge on any atom is 0.226 e. The molecule has 0 aromatic carbocycles. The van der Waals surface area contributed by atoms with E-state index in [4.69, 9.17) is 23.7 Å². The third kappa shape index (κ3) is 5.69. The highest BCUT2D eigenvalue weighted by Crippen LogP contribution is 2.44. The molecule has 11 N–H and O–H groups in total. The Labute approximate surface area is 216 Å². The van der Waals surface area contributed by atoms with Gasteiger partial charge in [0.2, 0.25) is 17.4 Å². The van der Waals surface area contributed by atoms with Crippen molar-refractivity contribution in [3.05, 3.63) is 0 Å². The van der Waals surface area contributed by atoms with Gasteiger partial charge in [0.15, 0.2) is 12.6 Å². The lowest BCUT2D eigenvalue weighted by molar-refractivity contribution is -0.466. The summed E-state index contributed by atoms with van der Waals surface area (Å²) in [5.41, 5.74) is -2.66. The van der Waals surface area contributed by atoms with E-state index in [2.05, 4.69) is 5.32 Å². The third-order valence-corrected chi connectivity index (χ3v) is 6.94. The zero-order valence-electron chi connectivity index (χ0n) is 20.7. The summed E-state index contributed by atoms with van der Waals surface area (Å²) in [6.45, 7) is -0.361. The van der Waals surface area contributed by atoms with Gasteiger partial charge in [-0.2, -0.15) is 0 Å². The number of carbonyl (C=O) groups is 1. The number of ether oxygens (including phenoxy) is 5. The van der Waals surface area contributed by atoms with Gasteiger partial charge in [-0.05, 0) is 6.92 Å². The largest absolute Gasteiger partial charge is 0.394 e. The molecular formula is C21H37NO16.